The molecule has 1 saturated heterocycles. The lowest BCUT2D eigenvalue weighted by Crippen LogP contribution is -2.29. The van der Waals surface area contributed by atoms with Crippen LogP contribution in [0.3, 0.4) is 0 Å². The van der Waals surface area contributed by atoms with Gasteiger partial charge in [-0.1, -0.05) is 6.07 Å². The first-order chi connectivity index (χ1) is 13.8. The molecule has 0 saturated carbocycles. The summed E-state index contributed by atoms with van der Waals surface area (Å²) in [5.74, 6) is 0. The largest absolute Gasteiger partial charge is 0.351 e. The van der Waals surface area contributed by atoms with Crippen LogP contribution in [-0.4, -0.2) is 24.8 Å². The monoisotopic (exact) mass is 508 g/mol. The predicted octanol–water partition coefficient (Wildman–Crippen LogP) is 4.45. The van der Waals surface area contributed by atoms with E-state index in [2.05, 4.69) is 41.9 Å². The van der Waals surface area contributed by atoms with Crippen molar-refractivity contribution in [1.82, 2.24) is 10.3 Å². The fourth-order valence-electron chi connectivity index (χ4n) is 3.31. The van der Waals surface area contributed by atoms with E-state index >= 15 is 0 Å². The van der Waals surface area contributed by atoms with Crippen molar-refractivity contribution in [2.24, 2.45) is 0 Å². The van der Waals surface area contributed by atoms with Crippen molar-refractivity contribution < 1.29 is 8.42 Å². The molecule has 3 heterocycles. The van der Waals surface area contributed by atoms with Crippen molar-refractivity contribution in [3.63, 3.8) is 0 Å². The molecule has 10 heteroatoms. The Bertz CT molecular complexity index is 1130. The molecular weight excluding hydrogens is 492 g/mol. The Hall–Kier alpha value is -2.01. The van der Waals surface area contributed by atoms with Crippen molar-refractivity contribution in [2.45, 2.75) is 12.1 Å². The summed E-state index contributed by atoms with van der Waals surface area (Å²) in [6, 6.07) is 14.9. The summed E-state index contributed by atoms with van der Waals surface area (Å²) < 4.78 is 26.4. The molecule has 0 radical (unpaired) electrons. The lowest BCUT2D eigenvalue weighted by Gasteiger charge is -2.27. The Kier molecular flexibility index (Phi) is 5.60. The fourth-order valence-corrected chi connectivity index (χ4v) is 5.79. The number of nitrogens with zero attached hydrogens (tertiary/aromatic N) is 2. The molecule has 0 amide bonds. The Morgan fingerprint density at radius 1 is 1.24 bits per heavy atom. The molecule has 0 unspecified atom stereocenters. The molecule has 6 nitrogen and oxygen atoms in total. The topological polar surface area (TPSA) is 74.3 Å². The van der Waals surface area contributed by atoms with Crippen LogP contribution >= 0.6 is 39.5 Å². The van der Waals surface area contributed by atoms with Crippen molar-refractivity contribution >= 4 is 66.0 Å². The first kappa shape index (κ1) is 20.3. The molecule has 2 atom stereocenters. The third-order valence-electron chi connectivity index (χ3n) is 4.43. The van der Waals surface area contributed by atoms with Gasteiger partial charge >= 0.3 is 0 Å². The van der Waals surface area contributed by atoms with Gasteiger partial charge in [0, 0.05) is 32.3 Å². The Morgan fingerprint density at radius 2 is 2.00 bits per heavy atom. The highest BCUT2D eigenvalue weighted by Gasteiger charge is 2.41. The summed E-state index contributed by atoms with van der Waals surface area (Å²) in [6.07, 6.45) is 2.90. The van der Waals surface area contributed by atoms with Gasteiger partial charge < -0.3 is 10.2 Å². The lowest BCUT2D eigenvalue weighted by molar-refractivity contribution is 0.575. The Labute approximate surface area is 187 Å². The first-order valence-corrected chi connectivity index (χ1v) is 12.6. The number of thiocarbonyl (C=S) groups is 1. The maximum atomic E-state index is 11.5. The van der Waals surface area contributed by atoms with E-state index in [1.807, 2.05) is 35.7 Å². The zero-order valence-electron chi connectivity index (χ0n) is 15.2. The number of nitrogens with one attached hydrogen (secondary N) is 2. The van der Waals surface area contributed by atoms with Crippen LogP contribution in [0.5, 0.6) is 0 Å². The predicted molar refractivity (Wildman–Crippen MR) is 125 cm³/mol. The van der Waals surface area contributed by atoms with Crippen LogP contribution in [0.1, 0.15) is 22.7 Å². The molecule has 1 aliphatic rings. The van der Waals surface area contributed by atoms with E-state index in [0.717, 1.165) is 27.0 Å². The number of thiophene rings is 1. The summed E-state index contributed by atoms with van der Waals surface area (Å²) in [5, 5.41) is 6.05. The van der Waals surface area contributed by atoms with E-state index in [-0.39, 0.29) is 12.1 Å². The average molecular weight is 509 g/mol. The number of hydrogen-bond donors (Lipinski definition) is 2. The van der Waals surface area contributed by atoms with Crippen LogP contribution in [0, 0.1) is 0 Å². The van der Waals surface area contributed by atoms with Crippen LogP contribution in [-0.2, 0) is 10.0 Å². The average Bonchev–Trinajstić information content (AvgIpc) is 3.25. The van der Waals surface area contributed by atoms with Crippen LogP contribution < -0.4 is 14.9 Å². The fraction of sp³-hybridized carbons (Fsp3) is 0.158. The minimum Gasteiger partial charge on any atom is -0.351 e. The molecule has 0 spiro atoms. The quantitative estimate of drug-likeness (QED) is 0.495. The SMILES string of the molecule is CS(=O)(=O)Nc1ccc(N2C(=S)N[C@@H](c3ccccn3)[C@H]2c2cc(Br)cs2)cc1. The zero-order valence-corrected chi connectivity index (χ0v) is 19.3. The van der Waals surface area contributed by atoms with Crippen LogP contribution in [0.4, 0.5) is 11.4 Å². The Morgan fingerprint density at radius 3 is 2.59 bits per heavy atom. The number of benzene rings is 1. The van der Waals surface area contributed by atoms with Gasteiger partial charge in [0.2, 0.25) is 10.0 Å². The molecule has 4 rings (SSSR count). The number of pyridine rings is 1. The van der Waals surface area contributed by atoms with Gasteiger partial charge in [-0.3, -0.25) is 9.71 Å². The van der Waals surface area contributed by atoms with E-state index in [0.29, 0.717) is 10.8 Å². The highest BCUT2D eigenvalue weighted by atomic mass is 79.9. The number of halogens is 1. The van der Waals surface area contributed by atoms with Gasteiger partial charge in [-0.15, -0.1) is 11.3 Å². The summed E-state index contributed by atoms with van der Waals surface area (Å²) in [7, 11) is -3.33. The summed E-state index contributed by atoms with van der Waals surface area (Å²) in [5.41, 5.74) is 2.28. The highest BCUT2D eigenvalue weighted by Crippen LogP contribution is 2.44. The second-order valence-corrected chi connectivity index (χ2v) is 10.6. The molecule has 0 aliphatic carbocycles. The second-order valence-electron chi connectivity index (χ2n) is 6.58. The van der Waals surface area contributed by atoms with Crippen molar-refractivity contribution in [1.29, 1.82) is 0 Å². The molecule has 29 heavy (non-hydrogen) atoms. The number of aromatic nitrogens is 1. The number of anilines is 2. The molecule has 2 aromatic heterocycles. The van der Waals surface area contributed by atoms with E-state index < -0.39 is 10.0 Å². The van der Waals surface area contributed by atoms with Crippen LogP contribution in [0.15, 0.2) is 64.6 Å². The molecular formula is C19H17BrN4O2S3. The van der Waals surface area contributed by atoms with E-state index in [4.69, 9.17) is 12.2 Å². The van der Waals surface area contributed by atoms with Crippen molar-refractivity contribution in [3.8, 4) is 0 Å². The van der Waals surface area contributed by atoms with Gasteiger partial charge in [0.1, 0.15) is 0 Å². The highest BCUT2D eigenvalue weighted by molar-refractivity contribution is 9.10. The number of sulfonamides is 1. The zero-order chi connectivity index (χ0) is 20.6. The molecule has 2 N–H and O–H groups in total. The van der Waals surface area contributed by atoms with Gasteiger partial charge in [0.15, 0.2) is 5.11 Å². The third-order valence-corrected chi connectivity index (χ3v) is 7.11. The molecule has 3 aromatic rings. The maximum absolute atomic E-state index is 11.5. The van der Waals surface area contributed by atoms with Gasteiger partial charge in [-0.05, 0) is 70.6 Å². The smallest absolute Gasteiger partial charge is 0.229 e. The van der Waals surface area contributed by atoms with Crippen molar-refractivity contribution in [2.75, 3.05) is 15.9 Å². The van der Waals surface area contributed by atoms with Crippen LogP contribution in [0.2, 0.25) is 0 Å². The molecule has 0 bridgehead atoms. The normalized spacial score (nSPS) is 19.2. The van der Waals surface area contributed by atoms with Gasteiger partial charge in [-0.2, -0.15) is 0 Å². The second kappa shape index (κ2) is 8.02. The number of hydrogen-bond acceptors (Lipinski definition) is 5. The van der Waals surface area contributed by atoms with Gasteiger partial charge in [0.05, 0.1) is 24.0 Å². The van der Waals surface area contributed by atoms with E-state index in [1.165, 1.54) is 0 Å². The molecule has 1 aliphatic heterocycles. The minimum absolute atomic E-state index is 0.0811. The van der Waals surface area contributed by atoms with E-state index in [1.54, 1.807) is 29.7 Å². The summed E-state index contributed by atoms with van der Waals surface area (Å²) >= 11 is 10.9. The standard InChI is InChI=1S/C19H17BrN4O2S3/c1-29(25,26)23-13-5-7-14(8-6-13)24-18(16-10-12(20)11-28-16)17(22-19(24)27)15-4-2-3-9-21-15/h2-11,17-18,23H,1H3,(H,22,27)/t17-,18+/m0/s1. The molecule has 1 aromatic carbocycles. The Balaban J connectivity index is 1.73. The van der Waals surface area contributed by atoms with E-state index in [9.17, 15) is 8.42 Å². The summed E-state index contributed by atoms with van der Waals surface area (Å²) in [6.45, 7) is 0. The maximum Gasteiger partial charge on any atom is 0.229 e. The molecule has 150 valence electrons. The molecule has 1 fully saturated rings. The number of rotatable bonds is 5. The third kappa shape index (κ3) is 4.45. The minimum atomic E-state index is -3.33. The summed E-state index contributed by atoms with van der Waals surface area (Å²) in [4.78, 5) is 7.72. The van der Waals surface area contributed by atoms with Crippen molar-refractivity contribution in [3.05, 3.63) is 75.2 Å². The lowest BCUT2D eigenvalue weighted by atomic mass is 10.0. The van der Waals surface area contributed by atoms with Crippen LogP contribution in [0.25, 0.3) is 0 Å². The first-order valence-electron chi connectivity index (χ1n) is 8.64. The van der Waals surface area contributed by atoms with Gasteiger partial charge in [-0.25, -0.2) is 8.42 Å². The van der Waals surface area contributed by atoms with Gasteiger partial charge in [0.25, 0.3) is 0 Å².